The van der Waals surface area contributed by atoms with Crippen LogP contribution < -0.4 is 5.56 Å². The van der Waals surface area contributed by atoms with E-state index in [4.69, 9.17) is 14.7 Å². The topological polar surface area (TPSA) is 61.4 Å². The summed E-state index contributed by atoms with van der Waals surface area (Å²) in [6.45, 7) is 1.37. The summed E-state index contributed by atoms with van der Waals surface area (Å²) in [6.07, 6.45) is 4.40. The molecule has 0 saturated heterocycles. The zero-order valence-electron chi connectivity index (χ0n) is 16.3. The summed E-state index contributed by atoms with van der Waals surface area (Å²) in [6, 6.07) is 9.81. The van der Waals surface area contributed by atoms with E-state index in [0.717, 1.165) is 52.7 Å². The number of para-hydroxylation sites is 2. The number of rotatable bonds is 6. The van der Waals surface area contributed by atoms with Gasteiger partial charge in [-0.05, 0) is 37.8 Å². The first-order chi connectivity index (χ1) is 14.2. The van der Waals surface area contributed by atoms with Crippen molar-refractivity contribution in [2.75, 3.05) is 13.7 Å². The number of aromatic nitrogens is 4. The third-order valence-electron chi connectivity index (χ3n) is 5.30. The number of nitrogens with zero attached hydrogens (tertiary/aromatic N) is 4. The lowest BCUT2D eigenvalue weighted by Crippen LogP contribution is -2.17. The van der Waals surface area contributed by atoms with Gasteiger partial charge in [0.25, 0.3) is 5.56 Å². The summed E-state index contributed by atoms with van der Waals surface area (Å²) >= 11 is 3.29. The minimum absolute atomic E-state index is 0.0397. The summed E-state index contributed by atoms with van der Waals surface area (Å²) in [5.41, 5.74) is 4.10. The molecule has 5 rings (SSSR count). The number of ether oxygens (including phenoxy) is 1. The summed E-state index contributed by atoms with van der Waals surface area (Å²) < 4.78 is 9.27. The summed E-state index contributed by atoms with van der Waals surface area (Å²) in [5, 5.41) is 0.927. The van der Waals surface area contributed by atoms with Crippen molar-refractivity contribution in [2.45, 2.75) is 43.1 Å². The van der Waals surface area contributed by atoms with E-state index in [-0.39, 0.29) is 5.56 Å². The molecule has 0 bridgehead atoms. The number of hydrogen-bond donors (Lipinski definition) is 0. The number of thiazole rings is 1. The van der Waals surface area contributed by atoms with Crippen molar-refractivity contribution >= 4 is 39.1 Å². The highest BCUT2D eigenvalue weighted by Gasteiger charge is 2.19. The van der Waals surface area contributed by atoms with Crippen molar-refractivity contribution in [3.8, 4) is 0 Å². The highest BCUT2D eigenvalue weighted by molar-refractivity contribution is 7.98. The largest absolute Gasteiger partial charge is 0.383 e. The molecular weight excluding hydrogens is 404 g/mol. The smallest absolute Gasteiger partial charge is 0.259 e. The number of benzene rings is 1. The average molecular weight is 427 g/mol. The van der Waals surface area contributed by atoms with E-state index in [1.165, 1.54) is 17.0 Å². The van der Waals surface area contributed by atoms with Gasteiger partial charge in [0.15, 0.2) is 10.1 Å². The molecule has 1 aliphatic carbocycles. The van der Waals surface area contributed by atoms with Crippen molar-refractivity contribution in [3.63, 3.8) is 0 Å². The highest BCUT2D eigenvalue weighted by atomic mass is 32.2. The highest BCUT2D eigenvalue weighted by Crippen LogP contribution is 2.30. The molecule has 0 saturated carbocycles. The van der Waals surface area contributed by atoms with E-state index in [9.17, 15) is 4.79 Å². The molecule has 29 heavy (non-hydrogen) atoms. The molecule has 6 nitrogen and oxygen atoms in total. The van der Waals surface area contributed by atoms with Crippen molar-refractivity contribution in [3.05, 3.63) is 57.0 Å². The van der Waals surface area contributed by atoms with Gasteiger partial charge in [0, 0.05) is 36.0 Å². The van der Waals surface area contributed by atoms with Gasteiger partial charge in [0.2, 0.25) is 0 Å². The van der Waals surface area contributed by atoms with E-state index in [2.05, 4.69) is 10.6 Å². The summed E-state index contributed by atoms with van der Waals surface area (Å²) in [4.78, 5) is 24.5. The molecule has 0 unspecified atom stereocenters. The van der Waals surface area contributed by atoms with Crippen LogP contribution in [-0.2, 0) is 29.9 Å². The second-order valence-corrected chi connectivity index (χ2v) is 9.20. The van der Waals surface area contributed by atoms with E-state index in [1.54, 1.807) is 36.3 Å². The Kier molecular flexibility index (Phi) is 5.15. The zero-order valence-corrected chi connectivity index (χ0v) is 17.9. The van der Waals surface area contributed by atoms with Crippen LogP contribution in [0, 0.1) is 0 Å². The molecule has 0 atom stereocenters. The molecule has 0 amide bonds. The predicted molar refractivity (Wildman–Crippen MR) is 117 cm³/mol. The van der Waals surface area contributed by atoms with Gasteiger partial charge in [-0.15, -0.1) is 11.3 Å². The number of fused-ring (bicyclic) bond motifs is 4. The Morgan fingerprint density at radius 3 is 2.97 bits per heavy atom. The molecule has 150 valence electrons. The number of hydrogen-bond acceptors (Lipinski definition) is 6. The van der Waals surface area contributed by atoms with Crippen molar-refractivity contribution in [2.24, 2.45) is 0 Å². The number of aryl methyl sites for hydroxylation is 2. The van der Waals surface area contributed by atoms with Crippen LogP contribution >= 0.6 is 23.1 Å². The molecule has 0 radical (unpaired) electrons. The number of thioether (sulfide) groups is 1. The third kappa shape index (κ3) is 3.49. The molecule has 0 spiro atoms. The van der Waals surface area contributed by atoms with Crippen LogP contribution in [0.2, 0.25) is 0 Å². The molecule has 1 aliphatic rings. The molecule has 0 fully saturated rings. The monoisotopic (exact) mass is 426 g/mol. The first kappa shape index (κ1) is 18.8. The van der Waals surface area contributed by atoms with Gasteiger partial charge >= 0.3 is 0 Å². The molecule has 0 N–H and O–H groups in total. The fourth-order valence-electron chi connectivity index (χ4n) is 3.92. The van der Waals surface area contributed by atoms with Crippen molar-refractivity contribution in [1.82, 2.24) is 18.9 Å². The summed E-state index contributed by atoms with van der Waals surface area (Å²) in [5.74, 6) is 0.616. The maximum absolute atomic E-state index is 12.8. The van der Waals surface area contributed by atoms with Crippen LogP contribution in [-0.4, -0.2) is 32.7 Å². The second-order valence-electron chi connectivity index (χ2n) is 7.20. The van der Waals surface area contributed by atoms with Crippen LogP contribution in [0.15, 0.2) is 40.3 Å². The molecular formula is C21H22N4O2S2. The van der Waals surface area contributed by atoms with Crippen molar-refractivity contribution in [1.29, 1.82) is 0 Å². The maximum atomic E-state index is 12.8. The Labute approximate surface area is 176 Å². The lowest BCUT2D eigenvalue weighted by atomic mass is 10.0. The van der Waals surface area contributed by atoms with Crippen LogP contribution in [0.4, 0.5) is 0 Å². The van der Waals surface area contributed by atoms with Gasteiger partial charge in [-0.3, -0.25) is 9.20 Å². The van der Waals surface area contributed by atoms with Gasteiger partial charge < -0.3 is 9.30 Å². The van der Waals surface area contributed by atoms with Crippen LogP contribution in [0.5, 0.6) is 0 Å². The van der Waals surface area contributed by atoms with Gasteiger partial charge in [-0.1, -0.05) is 23.9 Å². The van der Waals surface area contributed by atoms with Gasteiger partial charge in [-0.25, -0.2) is 9.97 Å². The quantitative estimate of drug-likeness (QED) is 0.437. The predicted octanol–water partition coefficient (Wildman–Crippen LogP) is 3.92. The molecule has 3 aromatic heterocycles. The normalized spacial score (nSPS) is 14.0. The molecule has 8 heteroatoms. The van der Waals surface area contributed by atoms with E-state index < -0.39 is 0 Å². The van der Waals surface area contributed by atoms with E-state index in [0.29, 0.717) is 12.4 Å². The Balaban J connectivity index is 1.45. The maximum Gasteiger partial charge on any atom is 0.259 e. The molecule has 0 aliphatic heterocycles. The Bertz CT molecular complexity index is 1240. The standard InChI is InChI=1S/C21H22N4O2S2/c1-27-11-10-24-16-7-3-2-6-15(16)23-20(24)28-13-14-12-19(26)25-17-8-4-5-9-18(17)29-21(25)22-14/h2-3,6-7,12H,4-5,8-11,13H2,1H3. The number of methoxy groups -OCH3 is 1. The van der Waals surface area contributed by atoms with Gasteiger partial charge in [0.05, 0.1) is 23.3 Å². The minimum atomic E-state index is 0.0397. The Morgan fingerprint density at radius 2 is 2.07 bits per heavy atom. The number of imidazole rings is 1. The van der Waals surface area contributed by atoms with E-state index >= 15 is 0 Å². The lowest BCUT2D eigenvalue weighted by Gasteiger charge is -2.10. The summed E-state index contributed by atoms with van der Waals surface area (Å²) in [7, 11) is 1.71. The average Bonchev–Trinajstić information content (AvgIpc) is 3.28. The second kappa shape index (κ2) is 7.93. The third-order valence-corrected chi connectivity index (χ3v) is 7.45. The van der Waals surface area contributed by atoms with Crippen molar-refractivity contribution < 1.29 is 4.74 Å². The molecule has 4 aromatic rings. The van der Waals surface area contributed by atoms with E-state index in [1.807, 2.05) is 22.6 Å². The van der Waals surface area contributed by atoms with Gasteiger partial charge in [0.1, 0.15) is 0 Å². The van der Waals surface area contributed by atoms with Gasteiger partial charge in [-0.2, -0.15) is 0 Å². The fraction of sp³-hybridized carbons (Fsp3) is 0.381. The fourth-order valence-corrected chi connectivity index (χ4v) is 6.08. The lowest BCUT2D eigenvalue weighted by molar-refractivity contribution is 0.186. The molecule has 3 heterocycles. The van der Waals surface area contributed by atoms with Crippen LogP contribution in [0.25, 0.3) is 16.0 Å². The first-order valence-electron chi connectivity index (χ1n) is 9.85. The minimum Gasteiger partial charge on any atom is -0.383 e. The molecule has 1 aromatic carbocycles. The first-order valence-corrected chi connectivity index (χ1v) is 11.6. The zero-order chi connectivity index (χ0) is 19.8. The SMILES string of the molecule is COCCn1c(SCc2cc(=O)n3c4c(sc3n2)CCCC4)nc2ccccc21. The van der Waals surface area contributed by atoms with Crippen LogP contribution in [0.3, 0.4) is 0 Å². The van der Waals surface area contributed by atoms with Crippen LogP contribution in [0.1, 0.15) is 29.1 Å². The Hall–Kier alpha value is -2.16. The Morgan fingerprint density at radius 1 is 1.21 bits per heavy atom.